The summed E-state index contributed by atoms with van der Waals surface area (Å²) in [6.07, 6.45) is 5.78. The summed E-state index contributed by atoms with van der Waals surface area (Å²) in [6.45, 7) is 8.76. The summed E-state index contributed by atoms with van der Waals surface area (Å²) in [5.74, 6) is 0.627. The van der Waals surface area contributed by atoms with Crippen LogP contribution in [0.2, 0.25) is 0 Å². The number of hydrogen-bond acceptors (Lipinski definition) is 6. The largest absolute Gasteiger partial charge is 0.490 e. The molecule has 1 aliphatic heterocycles. The van der Waals surface area contributed by atoms with Gasteiger partial charge in [-0.2, -0.15) is 5.10 Å². The number of carbonyl (C=O) groups is 2. The molecule has 1 aliphatic rings. The molecule has 1 N–H and O–H groups in total. The molecular formula is C25H34N4O4. The van der Waals surface area contributed by atoms with Crippen molar-refractivity contribution in [3.8, 4) is 16.9 Å². The molecule has 33 heavy (non-hydrogen) atoms. The molecule has 0 spiro atoms. The van der Waals surface area contributed by atoms with E-state index in [0.29, 0.717) is 19.5 Å². The monoisotopic (exact) mass is 454 g/mol. The van der Waals surface area contributed by atoms with E-state index >= 15 is 0 Å². The van der Waals surface area contributed by atoms with Crippen LogP contribution in [0.4, 0.5) is 0 Å². The Kier molecular flexibility index (Phi) is 9.39. The van der Waals surface area contributed by atoms with Gasteiger partial charge in [0.25, 0.3) is 0 Å². The number of hydrogen-bond donors (Lipinski definition) is 1. The molecule has 8 heteroatoms. The fourth-order valence-corrected chi connectivity index (χ4v) is 3.59. The summed E-state index contributed by atoms with van der Waals surface area (Å²) < 4.78 is 13.0. The van der Waals surface area contributed by atoms with Gasteiger partial charge in [0.1, 0.15) is 18.5 Å². The van der Waals surface area contributed by atoms with Crippen LogP contribution in [-0.2, 0) is 20.9 Å². The van der Waals surface area contributed by atoms with Crippen LogP contribution in [0.3, 0.4) is 0 Å². The van der Waals surface area contributed by atoms with Crippen LogP contribution in [0.5, 0.6) is 5.75 Å². The van der Waals surface area contributed by atoms with Gasteiger partial charge in [-0.25, -0.2) is 0 Å². The summed E-state index contributed by atoms with van der Waals surface area (Å²) >= 11 is 0. The zero-order valence-electron chi connectivity index (χ0n) is 19.0. The van der Waals surface area contributed by atoms with Crippen LogP contribution in [0, 0.1) is 5.92 Å². The van der Waals surface area contributed by atoms with Crippen molar-refractivity contribution in [2.24, 2.45) is 5.92 Å². The van der Waals surface area contributed by atoms with Gasteiger partial charge in [0.15, 0.2) is 0 Å². The maximum absolute atomic E-state index is 11.6. The Morgan fingerprint density at radius 2 is 2.09 bits per heavy atom. The van der Waals surface area contributed by atoms with E-state index in [-0.39, 0.29) is 37.9 Å². The molecule has 0 saturated carbocycles. The summed E-state index contributed by atoms with van der Waals surface area (Å²) in [4.78, 5) is 27.0. The van der Waals surface area contributed by atoms with Crippen molar-refractivity contribution < 1.29 is 19.1 Å². The van der Waals surface area contributed by atoms with Crippen molar-refractivity contribution in [1.82, 2.24) is 20.1 Å². The molecule has 1 aromatic carbocycles. The van der Waals surface area contributed by atoms with E-state index in [1.807, 2.05) is 51.2 Å². The molecule has 0 aliphatic carbocycles. The van der Waals surface area contributed by atoms with Crippen LogP contribution in [-0.4, -0.2) is 45.9 Å². The highest BCUT2D eigenvalue weighted by Gasteiger charge is 2.28. The van der Waals surface area contributed by atoms with Gasteiger partial charge in [-0.1, -0.05) is 21.3 Å². The number of aromatic nitrogens is 3. The number of nitrogens with one attached hydrogen (secondary N) is 1. The van der Waals surface area contributed by atoms with Crippen molar-refractivity contribution in [3.63, 3.8) is 0 Å². The minimum absolute atomic E-state index is 0. The number of pyridine rings is 1. The number of amides is 1. The normalized spacial score (nSPS) is 15.6. The first-order chi connectivity index (χ1) is 15.5. The third-order valence-electron chi connectivity index (χ3n) is 5.26. The van der Waals surface area contributed by atoms with Crippen molar-refractivity contribution in [1.29, 1.82) is 0 Å². The molecule has 0 bridgehead atoms. The Hall–Kier alpha value is -3.42. The molecule has 4 rings (SSSR count). The highest BCUT2D eigenvalue weighted by molar-refractivity contribution is 5.90. The number of benzene rings is 1. The molecule has 8 nitrogen and oxygen atoms in total. The van der Waals surface area contributed by atoms with Crippen LogP contribution >= 0.6 is 0 Å². The van der Waals surface area contributed by atoms with Crippen LogP contribution in [0.15, 0.2) is 42.9 Å². The molecule has 2 unspecified atom stereocenters. The minimum Gasteiger partial charge on any atom is -0.490 e. The molecule has 1 amide bonds. The smallest absolute Gasteiger partial charge is 0.302 e. The molecule has 1 saturated heterocycles. The van der Waals surface area contributed by atoms with Crippen molar-refractivity contribution in [3.05, 3.63) is 42.9 Å². The predicted molar refractivity (Wildman–Crippen MR) is 129 cm³/mol. The fraction of sp³-hybridized carbons (Fsp3) is 0.440. The summed E-state index contributed by atoms with van der Waals surface area (Å²) in [5.41, 5.74) is 2.67. The zero-order valence-corrected chi connectivity index (χ0v) is 19.0. The number of nitrogens with zero attached hydrogens (tertiary/aromatic N) is 3. The van der Waals surface area contributed by atoms with Gasteiger partial charge in [-0.15, -0.1) is 0 Å². The standard InChI is InChI=1S/C22H24N4O4.C2H6.CH4/c1-14(17-10-22(28)24-11-17)30-21-9-16(8-20-19(21)4-3-5-23-20)18-12-25-26(13-18)6-7-29-15(2)27;1-2;/h3-5,8-9,12-14,17H,6-7,10-11H2,1-2H3,(H,24,28);1-2H3;1H4. The maximum Gasteiger partial charge on any atom is 0.302 e. The number of carbonyl (C=O) groups excluding carboxylic acids is 2. The first-order valence-electron chi connectivity index (χ1n) is 11.0. The lowest BCUT2D eigenvalue weighted by Crippen LogP contribution is -2.25. The Labute approximate surface area is 195 Å². The summed E-state index contributed by atoms with van der Waals surface area (Å²) in [5, 5.41) is 8.14. The average molecular weight is 455 g/mol. The van der Waals surface area contributed by atoms with Crippen molar-refractivity contribution in [2.45, 2.75) is 54.2 Å². The van der Waals surface area contributed by atoms with Gasteiger partial charge in [0.2, 0.25) is 5.91 Å². The van der Waals surface area contributed by atoms with Crippen molar-refractivity contribution in [2.75, 3.05) is 13.2 Å². The van der Waals surface area contributed by atoms with Crippen molar-refractivity contribution >= 4 is 22.8 Å². The van der Waals surface area contributed by atoms with E-state index in [4.69, 9.17) is 9.47 Å². The first-order valence-corrected chi connectivity index (χ1v) is 11.0. The number of esters is 1. The maximum atomic E-state index is 11.6. The predicted octanol–water partition coefficient (Wildman–Crippen LogP) is 4.23. The van der Waals surface area contributed by atoms with Gasteiger partial charge in [-0.3, -0.25) is 19.3 Å². The lowest BCUT2D eigenvalue weighted by Gasteiger charge is -2.21. The van der Waals surface area contributed by atoms with E-state index in [9.17, 15) is 9.59 Å². The highest BCUT2D eigenvalue weighted by atomic mass is 16.5. The second-order valence-electron chi connectivity index (χ2n) is 7.47. The van der Waals surface area contributed by atoms with Gasteiger partial charge < -0.3 is 14.8 Å². The van der Waals surface area contributed by atoms with Crippen LogP contribution in [0.1, 0.15) is 41.5 Å². The van der Waals surface area contributed by atoms with E-state index < -0.39 is 0 Å². The molecule has 2 atom stereocenters. The zero-order chi connectivity index (χ0) is 23.1. The topological polar surface area (TPSA) is 95.3 Å². The Morgan fingerprint density at radius 3 is 2.79 bits per heavy atom. The molecule has 1 fully saturated rings. The third kappa shape index (κ3) is 6.54. The van der Waals surface area contributed by atoms with Gasteiger partial charge in [0, 0.05) is 49.2 Å². The molecule has 178 valence electrons. The number of fused-ring (bicyclic) bond motifs is 1. The SMILES string of the molecule is C.CC.CC(=O)OCCn1cc(-c2cc(OC(C)C3CNC(=O)C3)c3cccnc3c2)cn1. The summed E-state index contributed by atoms with van der Waals surface area (Å²) in [6, 6.07) is 7.85. The minimum atomic E-state index is -0.307. The lowest BCUT2D eigenvalue weighted by atomic mass is 10.0. The lowest BCUT2D eigenvalue weighted by molar-refractivity contribution is -0.141. The Bertz CT molecular complexity index is 1080. The Morgan fingerprint density at radius 1 is 1.30 bits per heavy atom. The second-order valence-corrected chi connectivity index (χ2v) is 7.47. The molecule has 2 aromatic heterocycles. The molecular weight excluding hydrogens is 420 g/mol. The quantitative estimate of drug-likeness (QED) is 0.537. The number of ether oxygens (including phenoxy) is 2. The van der Waals surface area contributed by atoms with E-state index in [1.54, 1.807) is 17.1 Å². The van der Waals surface area contributed by atoms with E-state index in [2.05, 4.69) is 15.4 Å². The second kappa shape index (κ2) is 12.0. The summed E-state index contributed by atoms with van der Waals surface area (Å²) in [7, 11) is 0. The fourth-order valence-electron chi connectivity index (χ4n) is 3.59. The molecule has 3 aromatic rings. The average Bonchev–Trinajstić information content (AvgIpc) is 3.44. The first kappa shape index (κ1) is 25.8. The molecule has 3 heterocycles. The van der Waals surface area contributed by atoms with Crippen LogP contribution in [0.25, 0.3) is 22.0 Å². The highest BCUT2D eigenvalue weighted by Crippen LogP contribution is 2.33. The van der Waals surface area contributed by atoms with E-state index in [1.165, 1.54) is 6.92 Å². The number of rotatable bonds is 7. The van der Waals surface area contributed by atoms with Gasteiger partial charge in [0.05, 0.1) is 18.3 Å². The molecule has 0 radical (unpaired) electrons. The van der Waals surface area contributed by atoms with E-state index in [0.717, 1.165) is 27.8 Å². The van der Waals surface area contributed by atoms with Gasteiger partial charge >= 0.3 is 5.97 Å². The van der Waals surface area contributed by atoms with Gasteiger partial charge in [-0.05, 0) is 36.8 Å². The Balaban J connectivity index is 0.00000125. The third-order valence-corrected chi connectivity index (χ3v) is 5.26. The van der Waals surface area contributed by atoms with Crippen LogP contribution < -0.4 is 10.1 Å².